The smallest absolute Gasteiger partial charge is 0.138 e. The van der Waals surface area contributed by atoms with Gasteiger partial charge in [-0.1, -0.05) is 6.07 Å². The van der Waals surface area contributed by atoms with Gasteiger partial charge in [0.05, 0.1) is 0 Å². The lowest BCUT2D eigenvalue weighted by molar-refractivity contribution is 1.35. The normalized spacial score (nSPS) is 11.5. The second-order valence-corrected chi connectivity index (χ2v) is 4.11. The molecule has 3 heteroatoms. The minimum Gasteiger partial charge on any atom is -0.339 e. The standard InChI is InChI=1S/C14H9N3/c1-2-10-13-11-8-15-7-5-9(11)3-4-12(13)17-14(10)16-6-1/h1-8H,(H,16,17). The zero-order chi connectivity index (χ0) is 11.2. The van der Waals surface area contributed by atoms with Gasteiger partial charge >= 0.3 is 0 Å². The van der Waals surface area contributed by atoms with Crippen LogP contribution in [-0.4, -0.2) is 15.0 Å². The molecular weight excluding hydrogens is 210 g/mol. The van der Waals surface area contributed by atoms with Crippen molar-refractivity contribution in [2.75, 3.05) is 0 Å². The number of rotatable bonds is 0. The van der Waals surface area contributed by atoms with E-state index < -0.39 is 0 Å². The van der Waals surface area contributed by atoms with Crippen molar-refractivity contribution < 1.29 is 0 Å². The molecule has 0 atom stereocenters. The molecule has 0 saturated carbocycles. The number of hydrogen-bond acceptors (Lipinski definition) is 2. The fourth-order valence-electron chi connectivity index (χ4n) is 2.39. The van der Waals surface area contributed by atoms with Crippen molar-refractivity contribution in [3.63, 3.8) is 0 Å². The minimum atomic E-state index is 0.929. The fraction of sp³-hybridized carbons (Fsp3) is 0. The highest BCUT2D eigenvalue weighted by molar-refractivity contribution is 6.19. The second kappa shape index (κ2) is 3.04. The average molecular weight is 219 g/mol. The van der Waals surface area contributed by atoms with Gasteiger partial charge in [-0.25, -0.2) is 4.98 Å². The number of benzene rings is 1. The summed E-state index contributed by atoms with van der Waals surface area (Å²) in [5, 5.41) is 4.74. The Morgan fingerprint density at radius 1 is 0.941 bits per heavy atom. The fourth-order valence-corrected chi connectivity index (χ4v) is 2.39. The first-order valence-corrected chi connectivity index (χ1v) is 5.52. The lowest BCUT2D eigenvalue weighted by atomic mass is 10.1. The summed E-state index contributed by atoms with van der Waals surface area (Å²) in [6.45, 7) is 0. The van der Waals surface area contributed by atoms with E-state index in [1.54, 1.807) is 6.20 Å². The van der Waals surface area contributed by atoms with Crippen LogP contribution in [0, 0.1) is 0 Å². The number of nitrogens with zero attached hydrogens (tertiary/aromatic N) is 2. The Kier molecular flexibility index (Phi) is 1.56. The Labute approximate surface area is 97.1 Å². The third-order valence-electron chi connectivity index (χ3n) is 3.15. The molecule has 0 spiro atoms. The third-order valence-corrected chi connectivity index (χ3v) is 3.15. The molecule has 3 aromatic heterocycles. The maximum atomic E-state index is 4.35. The highest BCUT2D eigenvalue weighted by atomic mass is 14.8. The van der Waals surface area contributed by atoms with Crippen molar-refractivity contribution in [2.45, 2.75) is 0 Å². The molecule has 4 rings (SSSR count). The van der Waals surface area contributed by atoms with E-state index in [-0.39, 0.29) is 0 Å². The topological polar surface area (TPSA) is 41.6 Å². The summed E-state index contributed by atoms with van der Waals surface area (Å²) in [6.07, 6.45) is 5.54. The van der Waals surface area contributed by atoms with Crippen LogP contribution in [0.4, 0.5) is 0 Å². The van der Waals surface area contributed by atoms with Gasteiger partial charge in [0, 0.05) is 40.3 Å². The van der Waals surface area contributed by atoms with Crippen LogP contribution in [0.25, 0.3) is 32.7 Å². The maximum absolute atomic E-state index is 4.35. The highest BCUT2D eigenvalue weighted by Gasteiger charge is 2.07. The number of hydrogen-bond donors (Lipinski definition) is 1. The Balaban J connectivity index is 2.38. The zero-order valence-electron chi connectivity index (χ0n) is 9.01. The molecule has 3 nitrogen and oxygen atoms in total. The number of aromatic amines is 1. The molecule has 1 N–H and O–H groups in total. The highest BCUT2D eigenvalue weighted by Crippen LogP contribution is 2.30. The predicted octanol–water partition coefficient (Wildman–Crippen LogP) is 3.26. The van der Waals surface area contributed by atoms with Crippen LogP contribution in [0.5, 0.6) is 0 Å². The van der Waals surface area contributed by atoms with Crippen LogP contribution in [0.15, 0.2) is 48.9 Å². The molecule has 0 aliphatic carbocycles. The van der Waals surface area contributed by atoms with E-state index in [1.165, 1.54) is 16.2 Å². The van der Waals surface area contributed by atoms with E-state index in [0.717, 1.165) is 16.6 Å². The molecule has 0 fully saturated rings. The van der Waals surface area contributed by atoms with Gasteiger partial charge < -0.3 is 4.98 Å². The summed E-state index contributed by atoms with van der Waals surface area (Å²) in [6, 6.07) is 10.3. The summed E-state index contributed by atoms with van der Waals surface area (Å²) in [7, 11) is 0. The summed E-state index contributed by atoms with van der Waals surface area (Å²) < 4.78 is 0. The first-order valence-electron chi connectivity index (χ1n) is 5.52. The number of pyridine rings is 2. The molecule has 0 aliphatic rings. The third kappa shape index (κ3) is 1.11. The molecule has 0 aliphatic heterocycles. The lowest BCUT2D eigenvalue weighted by Gasteiger charge is -1.98. The van der Waals surface area contributed by atoms with Crippen LogP contribution in [0.3, 0.4) is 0 Å². The zero-order valence-corrected chi connectivity index (χ0v) is 9.01. The number of nitrogens with one attached hydrogen (secondary N) is 1. The molecule has 3 heterocycles. The van der Waals surface area contributed by atoms with Gasteiger partial charge in [-0.05, 0) is 29.7 Å². The molecule has 17 heavy (non-hydrogen) atoms. The van der Waals surface area contributed by atoms with Gasteiger partial charge in [0.1, 0.15) is 5.65 Å². The van der Waals surface area contributed by atoms with Gasteiger partial charge in [-0.2, -0.15) is 0 Å². The maximum Gasteiger partial charge on any atom is 0.138 e. The van der Waals surface area contributed by atoms with Crippen LogP contribution in [-0.2, 0) is 0 Å². The summed E-state index contributed by atoms with van der Waals surface area (Å²) in [5.74, 6) is 0. The lowest BCUT2D eigenvalue weighted by Crippen LogP contribution is -1.76. The van der Waals surface area contributed by atoms with Gasteiger partial charge in [-0.15, -0.1) is 0 Å². The number of aromatic nitrogens is 3. The van der Waals surface area contributed by atoms with E-state index in [2.05, 4.69) is 33.2 Å². The predicted molar refractivity (Wildman–Crippen MR) is 68.9 cm³/mol. The Bertz CT molecular complexity index is 840. The van der Waals surface area contributed by atoms with Crippen LogP contribution in [0.2, 0.25) is 0 Å². The van der Waals surface area contributed by atoms with Gasteiger partial charge in [-0.3, -0.25) is 4.98 Å². The molecule has 0 amide bonds. The quantitative estimate of drug-likeness (QED) is 0.493. The molecule has 0 saturated heterocycles. The van der Waals surface area contributed by atoms with Crippen molar-refractivity contribution in [1.29, 1.82) is 0 Å². The molecule has 0 bridgehead atoms. The number of fused-ring (bicyclic) bond motifs is 5. The summed E-state index contributed by atoms with van der Waals surface area (Å²) in [5.41, 5.74) is 2.04. The van der Waals surface area contributed by atoms with Crippen molar-refractivity contribution in [3.8, 4) is 0 Å². The molecule has 0 radical (unpaired) electrons. The largest absolute Gasteiger partial charge is 0.339 e. The van der Waals surface area contributed by atoms with Gasteiger partial charge in [0.2, 0.25) is 0 Å². The number of H-pyrrole nitrogens is 1. The minimum absolute atomic E-state index is 0.929. The van der Waals surface area contributed by atoms with E-state index >= 15 is 0 Å². The SMILES string of the molecule is c1cnc2[nH]c3ccc4ccncc4c3c2c1. The Morgan fingerprint density at radius 3 is 2.94 bits per heavy atom. The first-order chi connectivity index (χ1) is 8.43. The van der Waals surface area contributed by atoms with E-state index in [4.69, 9.17) is 0 Å². The van der Waals surface area contributed by atoms with Crippen molar-refractivity contribution >= 4 is 32.7 Å². The van der Waals surface area contributed by atoms with E-state index in [9.17, 15) is 0 Å². The molecule has 4 aromatic rings. The molecule has 80 valence electrons. The van der Waals surface area contributed by atoms with Gasteiger partial charge in [0.25, 0.3) is 0 Å². The summed E-state index contributed by atoms with van der Waals surface area (Å²) >= 11 is 0. The Morgan fingerprint density at radius 2 is 1.94 bits per heavy atom. The van der Waals surface area contributed by atoms with Crippen LogP contribution >= 0.6 is 0 Å². The van der Waals surface area contributed by atoms with Gasteiger partial charge in [0.15, 0.2) is 0 Å². The monoisotopic (exact) mass is 219 g/mol. The van der Waals surface area contributed by atoms with E-state index in [1.807, 2.05) is 24.5 Å². The van der Waals surface area contributed by atoms with Crippen LogP contribution < -0.4 is 0 Å². The van der Waals surface area contributed by atoms with E-state index in [0.29, 0.717) is 0 Å². The molecular formula is C14H9N3. The summed E-state index contributed by atoms with van der Waals surface area (Å²) in [4.78, 5) is 11.9. The second-order valence-electron chi connectivity index (χ2n) is 4.11. The van der Waals surface area contributed by atoms with Crippen molar-refractivity contribution in [2.24, 2.45) is 0 Å². The Hall–Kier alpha value is -2.42. The first kappa shape index (κ1) is 8.70. The van der Waals surface area contributed by atoms with Crippen molar-refractivity contribution in [1.82, 2.24) is 15.0 Å². The average Bonchev–Trinajstić information content (AvgIpc) is 2.77. The van der Waals surface area contributed by atoms with Crippen molar-refractivity contribution in [3.05, 3.63) is 48.9 Å². The molecule has 0 unspecified atom stereocenters. The van der Waals surface area contributed by atoms with Crippen LogP contribution in [0.1, 0.15) is 0 Å². The molecule has 1 aromatic carbocycles.